The maximum Gasteiger partial charge on any atom is 0.330 e. The Labute approximate surface area is 135 Å². The van der Waals surface area contributed by atoms with Crippen LogP contribution in [0, 0.1) is 0 Å². The van der Waals surface area contributed by atoms with Gasteiger partial charge in [0.2, 0.25) is 0 Å². The Kier molecular flexibility index (Phi) is 3.49. The van der Waals surface area contributed by atoms with E-state index in [1.165, 1.54) is 4.57 Å². The lowest BCUT2D eigenvalue weighted by molar-refractivity contribution is -0.0443. The summed E-state index contributed by atoms with van der Waals surface area (Å²) in [7, 11) is 0. The molecule has 4 rings (SSSR count). The van der Waals surface area contributed by atoms with Crippen molar-refractivity contribution in [1.29, 1.82) is 0 Å². The van der Waals surface area contributed by atoms with E-state index in [-0.39, 0.29) is 13.0 Å². The SMILES string of the molecule is O=c1[nH]c(=O)n([C@H]2C[C@H](O)[C@@H](CO)O2)c2ccc3ccccc3c12. The van der Waals surface area contributed by atoms with E-state index < -0.39 is 29.7 Å². The average Bonchev–Trinajstić information content (AvgIpc) is 2.94. The van der Waals surface area contributed by atoms with Crippen LogP contribution >= 0.6 is 0 Å². The van der Waals surface area contributed by atoms with Crippen LogP contribution < -0.4 is 11.2 Å². The van der Waals surface area contributed by atoms with Gasteiger partial charge in [0.1, 0.15) is 12.3 Å². The smallest absolute Gasteiger partial charge is 0.330 e. The van der Waals surface area contributed by atoms with Crippen molar-refractivity contribution < 1.29 is 14.9 Å². The lowest BCUT2D eigenvalue weighted by Gasteiger charge is -2.17. The molecule has 0 spiro atoms. The number of H-pyrrole nitrogens is 1. The molecule has 7 nitrogen and oxygen atoms in total. The van der Waals surface area contributed by atoms with E-state index in [0.717, 1.165) is 10.8 Å². The van der Waals surface area contributed by atoms with Crippen LogP contribution in [0.5, 0.6) is 0 Å². The van der Waals surface area contributed by atoms with Crippen LogP contribution in [0.25, 0.3) is 21.7 Å². The number of aromatic nitrogens is 2. The van der Waals surface area contributed by atoms with Crippen molar-refractivity contribution in [3.8, 4) is 0 Å². The van der Waals surface area contributed by atoms with Crippen molar-refractivity contribution >= 4 is 21.7 Å². The van der Waals surface area contributed by atoms with Gasteiger partial charge in [0.25, 0.3) is 5.56 Å². The standard InChI is InChI=1S/C17H16N2O5/c20-8-13-12(21)7-14(24-13)19-11-6-5-9-3-1-2-4-10(9)15(11)16(22)18-17(19)23/h1-6,12-14,20-21H,7-8H2,(H,18,22,23)/t12-,13+,14+/m0/s1. The quantitative estimate of drug-likeness (QED) is 0.594. The third kappa shape index (κ3) is 2.17. The number of nitrogens with zero attached hydrogens (tertiary/aromatic N) is 1. The number of rotatable bonds is 2. The molecule has 2 aromatic carbocycles. The second-order valence-corrected chi connectivity index (χ2v) is 5.92. The summed E-state index contributed by atoms with van der Waals surface area (Å²) in [6.07, 6.45) is -2.19. The van der Waals surface area contributed by atoms with Crippen LogP contribution in [0.3, 0.4) is 0 Å². The molecule has 0 unspecified atom stereocenters. The minimum Gasteiger partial charge on any atom is -0.394 e. The van der Waals surface area contributed by atoms with Crippen LogP contribution in [0.15, 0.2) is 46.0 Å². The van der Waals surface area contributed by atoms with Crippen LogP contribution in [-0.4, -0.2) is 38.6 Å². The molecule has 3 N–H and O–H groups in total. The summed E-state index contributed by atoms with van der Waals surface area (Å²) in [5, 5.41) is 21.2. The predicted octanol–water partition coefficient (Wildman–Crippen LogP) is 0.484. The number of benzene rings is 2. The van der Waals surface area contributed by atoms with Gasteiger partial charge in [-0.15, -0.1) is 0 Å². The van der Waals surface area contributed by atoms with E-state index in [1.54, 1.807) is 6.07 Å². The molecule has 1 aromatic heterocycles. The molecule has 1 aliphatic heterocycles. The summed E-state index contributed by atoms with van der Waals surface area (Å²) in [6, 6.07) is 11.0. The minimum atomic E-state index is -0.866. The molecule has 124 valence electrons. The van der Waals surface area contributed by atoms with Gasteiger partial charge in [-0.1, -0.05) is 30.3 Å². The van der Waals surface area contributed by atoms with Crippen molar-refractivity contribution in [2.24, 2.45) is 0 Å². The molecule has 0 aliphatic carbocycles. The predicted molar refractivity (Wildman–Crippen MR) is 88.0 cm³/mol. The summed E-state index contributed by atoms with van der Waals surface area (Å²) in [5.74, 6) is 0. The molecule has 0 bridgehead atoms. The highest BCUT2D eigenvalue weighted by Gasteiger charge is 2.35. The van der Waals surface area contributed by atoms with Crippen molar-refractivity contribution in [1.82, 2.24) is 9.55 Å². The maximum absolute atomic E-state index is 12.4. The van der Waals surface area contributed by atoms with E-state index in [1.807, 2.05) is 30.3 Å². The number of fused-ring (bicyclic) bond motifs is 3. The molecular formula is C17H16N2O5. The second-order valence-electron chi connectivity index (χ2n) is 5.92. The Balaban J connectivity index is 2.01. The van der Waals surface area contributed by atoms with E-state index in [0.29, 0.717) is 10.9 Å². The van der Waals surface area contributed by atoms with Crippen molar-refractivity contribution in [3.63, 3.8) is 0 Å². The molecule has 24 heavy (non-hydrogen) atoms. The van der Waals surface area contributed by atoms with Gasteiger partial charge in [-0.05, 0) is 16.8 Å². The Morgan fingerprint density at radius 3 is 2.75 bits per heavy atom. The first-order valence-corrected chi connectivity index (χ1v) is 7.71. The fourth-order valence-electron chi connectivity index (χ4n) is 3.35. The topological polar surface area (TPSA) is 105 Å². The van der Waals surface area contributed by atoms with Gasteiger partial charge in [0, 0.05) is 6.42 Å². The number of ether oxygens (including phenoxy) is 1. The summed E-state index contributed by atoms with van der Waals surface area (Å²) in [5.41, 5.74) is -0.614. The molecule has 3 atom stereocenters. The molecule has 7 heteroatoms. The summed E-state index contributed by atoms with van der Waals surface area (Å²) < 4.78 is 6.93. The minimum absolute atomic E-state index is 0.166. The fraction of sp³-hybridized carbons (Fsp3) is 0.294. The van der Waals surface area contributed by atoms with Gasteiger partial charge in [-0.25, -0.2) is 4.79 Å². The largest absolute Gasteiger partial charge is 0.394 e. The second kappa shape index (κ2) is 5.55. The molecule has 2 heterocycles. The lowest BCUT2D eigenvalue weighted by Crippen LogP contribution is -2.33. The number of aromatic amines is 1. The number of aliphatic hydroxyl groups excluding tert-OH is 2. The Morgan fingerprint density at radius 2 is 2.00 bits per heavy atom. The highest BCUT2D eigenvalue weighted by Crippen LogP contribution is 2.30. The molecule has 3 aromatic rings. The third-order valence-corrected chi connectivity index (χ3v) is 4.50. The first-order valence-electron chi connectivity index (χ1n) is 7.71. The summed E-state index contributed by atoms with van der Waals surface area (Å²) in [6.45, 7) is -0.337. The van der Waals surface area contributed by atoms with Gasteiger partial charge in [-0.3, -0.25) is 14.3 Å². The maximum atomic E-state index is 12.4. The summed E-state index contributed by atoms with van der Waals surface area (Å²) >= 11 is 0. The van der Waals surface area contributed by atoms with Crippen LogP contribution in [0.2, 0.25) is 0 Å². The van der Waals surface area contributed by atoms with Gasteiger partial charge in [-0.2, -0.15) is 0 Å². The van der Waals surface area contributed by atoms with Gasteiger partial charge in [0.15, 0.2) is 0 Å². The number of hydrogen-bond donors (Lipinski definition) is 3. The normalized spacial score (nSPS) is 24.0. The van der Waals surface area contributed by atoms with Crippen LogP contribution in [0.1, 0.15) is 12.6 Å². The van der Waals surface area contributed by atoms with Gasteiger partial charge in [0.05, 0.1) is 23.6 Å². The van der Waals surface area contributed by atoms with Crippen molar-refractivity contribution in [3.05, 3.63) is 57.2 Å². The Morgan fingerprint density at radius 1 is 1.21 bits per heavy atom. The fourth-order valence-corrected chi connectivity index (χ4v) is 3.35. The zero-order valence-corrected chi connectivity index (χ0v) is 12.7. The zero-order valence-electron chi connectivity index (χ0n) is 12.7. The Bertz CT molecular complexity index is 1040. The van der Waals surface area contributed by atoms with E-state index in [2.05, 4.69) is 4.98 Å². The molecule has 0 saturated carbocycles. The molecule has 0 amide bonds. The van der Waals surface area contributed by atoms with Crippen LogP contribution in [0.4, 0.5) is 0 Å². The molecule has 1 fully saturated rings. The van der Waals surface area contributed by atoms with Crippen molar-refractivity contribution in [2.45, 2.75) is 24.9 Å². The third-order valence-electron chi connectivity index (χ3n) is 4.50. The van der Waals surface area contributed by atoms with E-state index >= 15 is 0 Å². The van der Waals surface area contributed by atoms with E-state index in [9.17, 15) is 19.8 Å². The number of nitrogens with one attached hydrogen (secondary N) is 1. The summed E-state index contributed by atoms with van der Waals surface area (Å²) in [4.78, 5) is 27.1. The highest BCUT2D eigenvalue weighted by atomic mass is 16.5. The molecule has 1 aliphatic rings. The molecule has 0 radical (unpaired) electrons. The number of hydrogen-bond acceptors (Lipinski definition) is 5. The lowest BCUT2D eigenvalue weighted by atomic mass is 10.1. The molecule has 1 saturated heterocycles. The first kappa shape index (κ1) is 15.1. The first-order chi connectivity index (χ1) is 11.6. The van der Waals surface area contributed by atoms with E-state index in [4.69, 9.17) is 4.74 Å². The molecular weight excluding hydrogens is 312 g/mol. The van der Waals surface area contributed by atoms with Crippen LogP contribution in [-0.2, 0) is 4.74 Å². The Hall–Kier alpha value is -2.48. The van der Waals surface area contributed by atoms with Gasteiger partial charge >= 0.3 is 5.69 Å². The van der Waals surface area contributed by atoms with Gasteiger partial charge < -0.3 is 14.9 Å². The van der Waals surface area contributed by atoms with Crippen molar-refractivity contribution in [2.75, 3.05) is 6.61 Å². The average molecular weight is 328 g/mol. The zero-order chi connectivity index (χ0) is 16.8. The number of aliphatic hydroxyl groups is 2. The monoisotopic (exact) mass is 328 g/mol. The highest BCUT2D eigenvalue weighted by molar-refractivity contribution is 6.05.